The Labute approximate surface area is 171 Å². The van der Waals surface area contributed by atoms with E-state index in [0.717, 1.165) is 5.75 Å². The predicted molar refractivity (Wildman–Crippen MR) is 112 cm³/mol. The molecule has 0 aromatic heterocycles. The Morgan fingerprint density at radius 1 is 1.21 bits per heavy atom. The highest BCUT2D eigenvalue weighted by molar-refractivity contribution is 5.89. The smallest absolute Gasteiger partial charge is 0.321 e. The van der Waals surface area contributed by atoms with Crippen LogP contribution in [0.2, 0.25) is 0 Å². The maximum absolute atomic E-state index is 14.7. The van der Waals surface area contributed by atoms with Crippen LogP contribution in [0.15, 0.2) is 48.5 Å². The summed E-state index contributed by atoms with van der Waals surface area (Å²) in [5.41, 5.74) is 0.941. The number of hydrogen-bond acceptors (Lipinski definition) is 4. The number of nitrogens with zero attached hydrogens (tertiary/aromatic N) is 2. The molecule has 156 valence electrons. The number of nitrogens with one attached hydrogen (secondary N) is 1. The number of carbonyl (C=O) groups is 1. The molecule has 1 aliphatic heterocycles. The number of halogens is 1. The molecular formula is C22H28FN3O3. The normalized spacial score (nSPS) is 19.0. The van der Waals surface area contributed by atoms with Crippen LogP contribution >= 0.6 is 0 Å². The van der Waals surface area contributed by atoms with Gasteiger partial charge in [-0.2, -0.15) is 0 Å². The number of amides is 2. The molecule has 0 bridgehead atoms. The Hall–Kier alpha value is -2.80. The number of para-hydroxylation sites is 1. The van der Waals surface area contributed by atoms with E-state index in [1.165, 1.54) is 11.0 Å². The summed E-state index contributed by atoms with van der Waals surface area (Å²) in [6.07, 6.45) is 0.0913. The SMILES string of the molecule is CC1CN(c2ccc(NC(=O)N(C)CCOc3ccccc3)cc2F)CC(C)O1. The number of urea groups is 1. The first kappa shape index (κ1) is 20.9. The highest BCUT2D eigenvalue weighted by atomic mass is 19.1. The molecule has 0 saturated carbocycles. The maximum Gasteiger partial charge on any atom is 0.321 e. The van der Waals surface area contributed by atoms with Crippen molar-refractivity contribution >= 4 is 17.4 Å². The van der Waals surface area contributed by atoms with Crippen LogP contribution in [-0.4, -0.2) is 56.4 Å². The van der Waals surface area contributed by atoms with Crippen molar-refractivity contribution in [2.45, 2.75) is 26.1 Å². The summed E-state index contributed by atoms with van der Waals surface area (Å²) in [6.45, 7) is 6.01. The van der Waals surface area contributed by atoms with Gasteiger partial charge >= 0.3 is 6.03 Å². The van der Waals surface area contributed by atoms with Gasteiger partial charge in [0.05, 0.1) is 24.4 Å². The summed E-state index contributed by atoms with van der Waals surface area (Å²) in [5.74, 6) is 0.393. The zero-order valence-electron chi connectivity index (χ0n) is 17.1. The molecule has 2 atom stereocenters. The van der Waals surface area contributed by atoms with Gasteiger partial charge < -0.3 is 24.6 Å². The van der Waals surface area contributed by atoms with E-state index in [4.69, 9.17) is 9.47 Å². The number of morpholine rings is 1. The van der Waals surface area contributed by atoms with E-state index >= 15 is 0 Å². The van der Waals surface area contributed by atoms with Gasteiger partial charge in [0, 0.05) is 25.8 Å². The molecule has 7 heteroatoms. The highest BCUT2D eigenvalue weighted by Crippen LogP contribution is 2.26. The molecular weight excluding hydrogens is 373 g/mol. The topological polar surface area (TPSA) is 54.0 Å². The molecule has 2 aromatic rings. The molecule has 1 heterocycles. The quantitative estimate of drug-likeness (QED) is 0.796. The number of benzene rings is 2. The third kappa shape index (κ3) is 5.84. The van der Waals surface area contributed by atoms with Gasteiger partial charge in [0.2, 0.25) is 0 Å². The first-order chi connectivity index (χ1) is 13.9. The number of rotatable bonds is 6. The standard InChI is InChI=1S/C22H28FN3O3/c1-16-14-26(15-17(2)29-16)21-10-9-18(13-20(21)23)24-22(27)25(3)11-12-28-19-7-5-4-6-8-19/h4-10,13,16-17H,11-12,14-15H2,1-3H3,(H,24,27). The first-order valence-electron chi connectivity index (χ1n) is 9.82. The van der Waals surface area contributed by atoms with Gasteiger partial charge in [0.1, 0.15) is 18.2 Å². The summed E-state index contributed by atoms with van der Waals surface area (Å²) < 4.78 is 26.0. The fraction of sp³-hybridized carbons (Fsp3) is 0.409. The van der Waals surface area contributed by atoms with Crippen molar-refractivity contribution in [1.29, 1.82) is 0 Å². The van der Waals surface area contributed by atoms with Crippen molar-refractivity contribution in [3.63, 3.8) is 0 Å². The number of ether oxygens (including phenoxy) is 2. The fourth-order valence-electron chi connectivity index (χ4n) is 3.35. The lowest BCUT2D eigenvalue weighted by Crippen LogP contribution is -2.45. The van der Waals surface area contributed by atoms with Crippen LogP contribution in [0, 0.1) is 5.82 Å². The second kappa shape index (κ2) is 9.60. The second-order valence-electron chi connectivity index (χ2n) is 7.34. The molecule has 1 saturated heterocycles. The number of hydrogen-bond donors (Lipinski definition) is 1. The van der Waals surface area contributed by atoms with Crippen molar-refractivity contribution in [1.82, 2.24) is 4.90 Å². The van der Waals surface area contributed by atoms with Crippen LogP contribution in [0.25, 0.3) is 0 Å². The molecule has 0 aliphatic carbocycles. The van der Waals surface area contributed by atoms with E-state index in [2.05, 4.69) is 5.32 Å². The minimum atomic E-state index is -0.362. The van der Waals surface area contributed by atoms with Gasteiger partial charge in [-0.05, 0) is 44.2 Å². The van der Waals surface area contributed by atoms with Gasteiger partial charge in [-0.3, -0.25) is 0 Å². The molecule has 29 heavy (non-hydrogen) atoms. The molecule has 2 amide bonds. The minimum Gasteiger partial charge on any atom is -0.492 e. The van der Waals surface area contributed by atoms with E-state index in [-0.39, 0.29) is 24.1 Å². The van der Waals surface area contributed by atoms with Crippen LogP contribution in [0.4, 0.5) is 20.6 Å². The van der Waals surface area contributed by atoms with Gasteiger partial charge in [0.15, 0.2) is 0 Å². The van der Waals surface area contributed by atoms with Gasteiger partial charge in [0.25, 0.3) is 0 Å². The monoisotopic (exact) mass is 401 g/mol. The van der Waals surface area contributed by atoms with Crippen LogP contribution in [-0.2, 0) is 4.74 Å². The van der Waals surface area contributed by atoms with Crippen molar-refractivity contribution < 1.29 is 18.7 Å². The Bertz CT molecular complexity index is 808. The lowest BCUT2D eigenvalue weighted by Gasteiger charge is -2.37. The third-order valence-electron chi connectivity index (χ3n) is 4.74. The van der Waals surface area contributed by atoms with Crippen molar-refractivity contribution in [2.24, 2.45) is 0 Å². The van der Waals surface area contributed by atoms with Crippen LogP contribution in [0.5, 0.6) is 5.75 Å². The largest absolute Gasteiger partial charge is 0.492 e. The lowest BCUT2D eigenvalue weighted by molar-refractivity contribution is -0.00539. The second-order valence-corrected chi connectivity index (χ2v) is 7.34. The Kier molecular flexibility index (Phi) is 6.93. The molecule has 1 aliphatic rings. The summed E-state index contributed by atoms with van der Waals surface area (Å²) in [7, 11) is 1.67. The molecule has 2 aromatic carbocycles. The molecule has 3 rings (SSSR count). The highest BCUT2D eigenvalue weighted by Gasteiger charge is 2.24. The molecule has 0 spiro atoms. The van der Waals surface area contributed by atoms with Crippen molar-refractivity contribution in [3.8, 4) is 5.75 Å². The summed E-state index contributed by atoms with van der Waals surface area (Å²) in [4.78, 5) is 15.8. The van der Waals surface area contributed by atoms with E-state index in [1.54, 1.807) is 19.2 Å². The summed E-state index contributed by atoms with van der Waals surface area (Å²) in [5, 5.41) is 2.73. The molecule has 2 unspecified atom stereocenters. The average molecular weight is 401 g/mol. The van der Waals surface area contributed by atoms with Crippen LogP contribution in [0.1, 0.15) is 13.8 Å². The Morgan fingerprint density at radius 3 is 2.55 bits per heavy atom. The molecule has 1 N–H and O–H groups in total. The van der Waals surface area contributed by atoms with Crippen molar-refractivity contribution in [3.05, 3.63) is 54.3 Å². The van der Waals surface area contributed by atoms with E-state index in [1.807, 2.05) is 49.1 Å². The Balaban J connectivity index is 1.52. The van der Waals surface area contributed by atoms with Crippen LogP contribution < -0.4 is 15.0 Å². The average Bonchev–Trinajstić information content (AvgIpc) is 2.68. The number of likely N-dealkylation sites (N-methyl/N-ethyl adjacent to an activating group) is 1. The van der Waals surface area contributed by atoms with Crippen LogP contribution in [0.3, 0.4) is 0 Å². The maximum atomic E-state index is 14.7. The molecule has 6 nitrogen and oxygen atoms in total. The summed E-state index contributed by atoms with van der Waals surface area (Å²) in [6, 6.07) is 13.9. The fourth-order valence-corrected chi connectivity index (χ4v) is 3.35. The van der Waals surface area contributed by atoms with Gasteiger partial charge in [-0.25, -0.2) is 9.18 Å². The third-order valence-corrected chi connectivity index (χ3v) is 4.74. The first-order valence-corrected chi connectivity index (χ1v) is 9.82. The van der Waals surface area contributed by atoms with Gasteiger partial charge in [-0.1, -0.05) is 18.2 Å². The lowest BCUT2D eigenvalue weighted by atomic mass is 10.2. The number of anilines is 2. The Morgan fingerprint density at radius 2 is 1.90 bits per heavy atom. The zero-order chi connectivity index (χ0) is 20.8. The summed E-state index contributed by atoms with van der Waals surface area (Å²) >= 11 is 0. The molecule has 1 fully saturated rings. The van der Waals surface area contributed by atoms with E-state index in [0.29, 0.717) is 37.6 Å². The van der Waals surface area contributed by atoms with E-state index < -0.39 is 0 Å². The number of carbonyl (C=O) groups excluding carboxylic acids is 1. The molecule has 0 radical (unpaired) electrons. The minimum absolute atomic E-state index is 0.0456. The van der Waals surface area contributed by atoms with Crippen molar-refractivity contribution in [2.75, 3.05) is 43.5 Å². The van der Waals surface area contributed by atoms with E-state index in [9.17, 15) is 9.18 Å². The van der Waals surface area contributed by atoms with Gasteiger partial charge in [-0.15, -0.1) is 0 Å². The predicted octanol–water partition coefficient (Wildman–Crippen LogP) is 3.98. The zero-order valence-corrected chi connectivity index (χ0v) is 17.1.